The third kappa shape index (κ3) is 0.0955. The predicted octanol–water partition coefficient (Wildman–Crippen LogP) is 1.58. The van der Waals surface area contributed by atoms with Gasteiger partial charge in [-0.1, -0.05) is 11.6 Å². The number of allylic oxidation sites excluding steroid dienone is 2. The molecule has 0 aromatic rings. The van der Waals surface area contributed by atoms with Gasteiger partial charge in [-0.3, -0.25) is 0 Å². The van der Waals surface area contributed by atoms with Crippen molar-refractivity contribution >= 4 is 0 Å². The van der Waals surface area contributed by atoms with E-state index in [0.717, 1.165) is 11.3 Å². The summed E-state index contributed by atoms with van der Waals surface area (Å²) in [5.41, 5.74) is 2.83. The lowest BCUT2D eigenvalue weighted by Crippen LogP contribution is -1.96. The minimum absolute atomic E-state index is 0.944. The molecule has 0 bridgehead atoms. The third-order valence-corrected chi connectivity index (χ3v) is 4.05. The fraction of sp³-hybridized carbons (Fsp3) is 0.750. The number of rotatable bonds is 0. The van der Waals surface area contributed by atoms with E-state index in [-0.39, 0.29) is 0 Å². The molecule has 3 saturated carbocycles. The fourth-order valence-corrected chi connectivity index (χ4v) is 3.67. The second-order valence-corrected chi connectivity index (χ2v) is 3.83. The van der Waals surface area contributed by atoms with Crippen LogP contribution in [0.5, 0.6) is 0 Å². The Labute approximate surface area is 48.6 Å². The molecule has 3 unspecified atom stereocenters. The zero-order valence-corrected chi connectivity index (χ0v) is 4.72. The molecule has 0 saturated heterocycles. The molecular formula is C8H8. The highest BCUT2D eigenvalue weighted by molar-refractivity contribution is 5.60. The monoisotopic (exact) mass is 104 g/mol. The Bertz CT molecular complexity index is 226. The van der Waals surface area contributed by atoms with Crippen molar-refractivity contribution in [2.45, 2.75) is 12.8 Å². The highest BCUT2D eigenvalue weighted by atomic mass is 14.9. The molecule has 3 atom stereocenters. The molecule has 0 aliphatic heterocycles. The van der Waals surface area contributed by atoms with Crippen LogP contribution in [0, 0.1) is 23.2 Å². The number of hydrogen-bond donors (Lipinski definition) is 0. The normalized spacial score (nSPS) is 77.0. The molecule has 0 aromatic heterocycles. The first kappa shape index (κ1) is 3.05. The lowest BCUT2D eigenvalue weighted by Gasteiger charge is -2.02. The summed E-state index contributed by atoms with van der Waals surface area (Å²) >= 11 is 0. The highest BCUT2D eigenvalue weighted by Crippen LogP contribution is 2.96. The molecule has 40 valence electrons. The lowest BCUT2D eigenvalue weighted by molar-refractivity contribution is 0.451. The first-order valence-electron chi connectivity index (χ1n) is 3.66. The van der Waals surface area contributed by atoms with Gasteiger partial charge < -0.3 is 0 Å². The zero-order chi connectivity index (χ0) is 4.93. The van der Waals surface area contributed by atoms with Crippen LogP contribution in [0.15, 0.2) is 11.6 Å². The van der Waals surface area contributed by atoms with Crippen molar-refractivity contribution in [3.05, 3.63) is 11.6 Å². The van der Waals surface area contributed by atoms with Gasteiger partial charge in [0.1, 0.15) is 0 Å². The lowest BCUT2D eigenvalue weighted by atomic mass is 10.0. The van der Waals surface area contributed by atoms with Crippen molar-refractivity contribution in [3.8, 4) is 0 Å². The summed E-state index contributed by atoms with van der Waals surface area (Å²) in [6.45, 7) is 0. The molecule has 3 fully saturated rings. The molecule has 8 heavy (non-hydrogen) atoms. The van der Waals surface area contributed by atoms with E-state index in [1.807, 2.05) is 5.57 Å². The van der Waals surface area contributed by atoms with Crippen LogP contribution < -0.4 is 0 Å². The second-order valence-electron chi connectivity index (χ2n) is 3.83. The standard InChI is InChI=1S/C8H8/c1-2-5-7-3-6-4(1)8(5,6)7/h1,5-7H,2-3H2. The Morgan fingerprint density at radius 2 is 2.50 bits per heavy atom. The maximum Gasteiger partial charge on any atom is 0.00463 e. The molecular weight excluding hydrogens is 96.1 g/mol. The Kier molecular flexibility index (Phi) is 0.197. The molecule has 0 nitrogen and oxygen atoms in total. The van der Waals surface area contributed by atoms with E-state index in [0.29, 0.717) is 0 Å². The van der Waals surface area contributed by atoms with Crippen molar-refractivity contribution < 1.29 is 0 Å². The minimum Gasteiger partial charge on any atom is -0.0841 e. The van der Waals surface area contributed by atoms with E-state index in [4.69, 9.17) is 0 Å². The van der Waals surface area contributed by atoms with Gasteiger partial charge in [0.05, 0.1) is 0 Å². The van der Waals surface area contributed by atoms with Crippen molar-refractivity contribution in [2.75, 3.05) is 0 Å². The number of hydrogen-bond acceptors (Lipinski definition) is 0. The average Bonchev–Trinajstić information content (AvgIpc) is 2.38. The van der Waals surface area contributed by atoms with E-state index in [1.54, 1.807) is 6.42 Å². The zero-order valence-electron chi connectivity index (χ0n) is 4.72. The van der Waals surface area contributed by atoms with E-state index in [1.165, 1.54) is 18.3 Å². The van der Waals surface area contributed by atoms with Crippen molar-refractivity contribution in [2.24, 2.45) is 23.2 Å². The van der Waals surface area contributed by atoms with Crippen LogP contribution in [0.3, 0.4) is 0 Å². The van der Waals surface area contributed by atoms with Crippen LogP contribution in [0.1, 0.15) is 12.8 Å². The molecule has 0 radical (unpaired) electrons. The summed E-state index contributed by atoms with van der Waals surface area (Å²) in [6, 6.07) is 0. The van der Waals surface area contributed by atoms with Gasteiger partial charge in [-0.05, 0) is 30.6 Å². The molecule has 0 heterocycles. The summed E-state index contributed by atoms with van der Waals surface area (Å²) in [4.78, 5) is 0. The van der Waals surface area contributed by atoms with Crippen LogP contribution in [-0.4, -0.2) is 0 Å². The SMILES string of the molecule is C1=C2C3CC4C(C1)C234. The smallest absolute Gasteiger partial charge is 0.00463 e. The van der Waals surface area contributed by atoms with Gasteiger partial charge in [0.25, 0.3) is 0 Å². The second kappa shape index (κ2) is 0.516. The van der Waals surface area contributed by atoms with Crippen LogP contribution in [0.2, 0.25) is 0 Å². The maximum absolute atomic E-state index is 2.51. The van der Waals surface area contributed by atoms with Gasteiger partial charge in [0.15, 0.2) is 0 Å². The van der Waals surface area contributed by atoms with E-state index >= 15 is 0 Å². The summed E-state index contributed by atoms with van der Waals surface area (Å²) in [5.74, 6) is 3.54. The first-order valence-corrected chi connectivity index (χ1v) is 3.66. The topological polar surface area (TPSA) is 0 Å². The van der Waals surface area contributed by atoms with Gasteiger partial charge in [-0.2, -0.15) is 0 Å². The van der Waals surface area contributed by atoms with Crippen LogP contribution >= 0.6 is 0 Å². The molecule has 0 amide bonds. The van der Waals surface area contributed by atoms with E-state index < -0.39 is 0 Å². The Hall–Kier alpha value is -0.260. The fourth-order valence-electron chi connectivity index (χ4n) is 3.67. The molecule has 0 aromatic carbocycles. The molecule has 4 aliphatic carbocycles. The summed E-state index contributed by atoms with van der Waals surface area (Å²) in [5, 5.41) is 0. The first-order chi connectivity index (χ1) is 3.95. The van der Waals surface area contributed by atoms with E-state index in [2.05, 4.69) is 6.08 Å². The largest absolute Gasteiger partial charge is 0.0841 e. The quantitative estimate of drug-likeness (QED) is 0.409. The summed E-state index contributed by atoms with van der Waals surface area (Å²) in [6.07, 6.45) is 5.55. The van der Waals surface area contributed by atoms with Gasteiger partial charge in [-0.15, -0.1) is 0 Å². The Balaban J connectivity index is 2.20. The molecule has 4 rings (SSSR count). The average molecular weight is 104 g/mol. The minimum atomic E-state index is 0.944. The number of fused-ring (bicyclic) bond motifs is 2. The van der Waals surface area contributed by atoms with Crippen LogP contribution in [-0.2, 0) is 0 Å². The van der Waals surface area contributed by atoms with Crippen molar-refractivity contribution in [3.63, 3.8) is 0 Å². The van der Waals surface area contributed by atoms with Crippen LogP contribution in [0.25, 0.3) is 0 Å². The van der Waals surface area contributed by atoms with E-state index in [9.17, 15) is 0 Å². The van der Waals surface area contributed by atoms with Crippen molar-refractivity contribution in [1.82, 2.24) is 0 Å². The maximum atomic E-state index is 2.51. The van der Waals surface area contributed by atoms with Gasteiger partial charge in [0, 0.05) is 5.41 Å². The predicted molar refractivity (Wildman–Crippen MR) is 30.2 cm³/mol. The highest BCUT2D eigenvalue weighted by Gasteiger charge is 2.90. The molecule has 0 N–H and O–H groups in total. The summed E-state index contributed by atoms with van der Waals surface area (Å²) < 4.78 is 0. The van der Waals surface area contributed by atoms with Gasteiger partial charge in [-0.25, -0.2) is 0 Å². The van der Waals surface area contributed by atoms with Gasteiger partial charge >= 0.3 is 0 Å². The van der Waals surface area contributed by atoms with Crippen LogP contribution in [0.4, 0.5) is 0 Å². The molecule has 4 aliphatic rings. The Morgan fingerprint density at radius 1 is 1.50 bits per heavy atom. The Morgan fingerprint density at radius 3 is 2.88 bits per heavy atom. The molecule has 1 spiro atoms. The summed E-state index contributed by atoms with van der Waals surface area (Å²) in [7, 11) is 0. The van der Waals surface area contributed by atoms with Gasteiger partial charge in [0.2, 0.25) is 0 Å². The third-order valence-electron chi connectivity index (χ3n) is 4.05. The van der Waals surface area contributed by atoms with Crippen molar-refractivity contribution in [1.29, 1.82) is 0 Å². The molecule has 0 heteroatoms.